The molecule has 6 heteroatoms. The number of carbonyl (C=O) groups excluding carboxylic acids is 1. The molecule has 0 spiro atoms. The molecule has 0 saturated carbocycles. The summed E-state index contributed by atoms with van der Waals surface area (Å²) in [5.41, 5.74) is 1.14. The maximum Gasteiger partial charge on any atom is 0.317 e. The number of urea groups is 1. The maximum atomic E-state index is 13.0. The van der Waals surface area contributed by atoms with Crippen LogP contribution in [0.15, 0.2) is 48.5 Å². The first-order chi connectivity index (χ1) is 13.6. The molecule has 2 aromatic rings. The number of nitrogens with zero attached hydrogens (tertiary/aromatic N) is 1. The van der Waals surface area contributed by atoms with Gasteiger partial charge in [-0.2, -0.15) is 0 Å². The molecule has 1 N–H and O–H groups in total. The van der Waals surface area contributed by atoms with Crippen molar-refractivity contribution in [1.29, 1.82) is 0 Å². The van der Waals surface area contributed by atoms with Crippen LogP contribution >= 0.6 is 0 Å². The minimum absolute atomic E-state index is 0.0406. The summed E-state index contributed by atoms with van der Waals surface area (Å²) in [4.78, 5) is 14.2. The molecular formula is C22H27FN2O3. The zero-order chi connectivity index (χ0) is 19.8. The van der Waals surface area contributed by atoms with Crippen LogP contribution in [-0.2, 0) is 6.42 Å². The van der Waals surface area contributed by atoms with Crippen molar-refractivity contribution in [3.63, 3.8) is 0 Å². The van der Waals surface area contributed by atoms with Gasteiger partial charge >= 0.3 is 6.03 Å². The van der Waals surface area contributed by atoms with E-state index >= 15 is 0 Å². The Morgan fingerprint density at radius 3 is 2.61 bits per heavy atom. The van der Waals surface area contributed by atoms with Crippen molar-refractivity contribution in [2.45, 2.75) is 32.3 Å². The van der Waals surface area contributed by atoms with Gasteiger partial charge in [0.25, 0.3) is 0 Å². The van der Waals surface area contributed by atoms with Crippen molar-refractivity contribution in [3.05, 3.63) is 59.9 Å². The van der Waals surface area contributed by atoms with Gasteiger partial charge in [0.15, 0.2) is 0 Å². The molecule has 0 aromatic heterocycles. The van der Waals surface area contributed by atoms with Gasteiger partial charge in [0.05, 0.1) is 6.61 Å². The number of hydrogen-bond donors (Lipinski definition) is 1. The molecule has 0 aliphatic carbocycles. The topological polar surface area (TPSA) is 50.8 Å². The molecule has 1 aliphatic heterocycles. The van der Waals surface area contributed by atoms with Gasteiger partial charge in [0.2, 0.25) is 0 Å². The van der Waals surface area contributed by atoms with Crippen molar-refractivity contribution in [3.8, 4) is 11.5 Å². The van der Waals surface area contributed by atoms with E-state index in [2.05, 4.69) is 5.32 Å². The van der Waals surface area contributed by atoms with Gasteiger partial charge < -0.3 is 19.7 Å². The minimum atomic E-state index is -0.275. The van der Waals surface area contributed by atoms with Gasteiger partial charge in [-0.05, 0) is 55.3 Å². The first-order valence-electron chi connectivity index (χ1n) is 9.81. The van der Waals surface area contributed by atoms with E-state index in [1.807, 2.05) is 36.1 Å². The van der Waals surface area contributed by atoms with Crippen molar-refractivity contribution >= 4 is 6.03 Å². The Morgan fingerprint density at radius 1 is 1.14 bits per heavy atom. The summed E-state index contributed by atoms with van der Waals surface area (Å²) in [5.74, 6) is 1.25. The van der Waals surface area contributed by atoms with E-state index < -0.39 is 0 Å². The Balaban J connectivity index is 1.38. The third-order valence-electron chi connectivity index (χ3n) is 4.74. The molecule has 1 fully saturated rings. The molecular weight excluding hydrogens is 359 g/mol. The highest BCUT2D eigenvalue weighted by Crippen LogP contribution is 2.19. The fourth-order valence-corrected chi connectivity index (χ4v) is 3.27. The Labute approximate surface area is 165 Å². The normalized spacial score (nSPS) is 14.6. The number of halogens is 1. The number of rotatable bonds is 7. The Kier molecular flexibility index (Phi) is 7.12. The Hall–Kier alpha value is -2.76. The highest BCUT2D eigenvalue weighted by Gasteiger charge is 2.23. The molecule has 0 radical (unpaired) electrons. The fourth-order valence-electron chi connectivity index (χ4n) is 3.27. The first-order valence-corrected chi connectivity index (χ1v) is 9.81. The zero-order valence-electron chi connectivity index (χ0n) is 16.2. The third-order valence-corrected chi connectivity index (χ3v) is 4.74. The van der Waals surface area contributed by atoms with Crippen molar-refractivity contribution in [1.82, 2.24) is 10.2 Å². The molecule has 2 aromatic carbocycles. The quantitative estimate of drug-likeness (QED) is 0.782. The smallest absolute Gasteiger partial charge is 0.317 e. The lowest BCUT2D eigenvalue weighted by Crippen LogP contribution is -2.46. The second-order valence-corrected chi connectivity index (χ2v) is 6.82. The van der Waals surface area contributed by atoms with E-state index in [-0.39, 0.29) is 18.0 Å². The van der Waals surface area contributed by atoms with Crippen LogP contribution in [0.1, 0.15) is 25.3 Å². The average molecular weight is 386 g/mol. The van der Waals surface area contributed by atoms with Gasteiger partial charge in [-0.25, -0.2) is 9.18 Å². The van der Waals surface area contributed by atoms with Crippen LogP contribution in [0.25, 0.3) is 0 Å². The highest BCUT2D eigenvalue weighted by atomic mass is 19.1. The van der Waals surface area contributed by atoms with Crippen LogP contribution in [0.4, 0.5) is 9.18 Å². The van der Waals surface area contributed by atoms with Crippen LogP contribution in [0, 0.1) is 5.82 Å². The fraction of sp³-hybridized carbons (Fsp3) is 0.409. The molecule has 0 atom stereocenters. The van der Waals surface area contributed by atoms with Crippen molar-refractivity contribution in [2.24, 2.45) is 0 Å². The summed E-state index contributed by atoms with van der Waals surface area (Å²) >= 11 is 0. The summed E-state index contributed by atoms with van der Waals surface area (Å²) in [7, 11) is 0. The predicted octanol–water partition coefficient (Wildman–Crippen LogP) is 4.02. The number of amides is 2. The Bertz CT molecular complexity index is 759. The molecule has 0 unspecified atom stereocenters. The van der Waals surface area contributed by atoms with Crippen LogP contribution in [-0.4, -0.2) is 43.3 Å². The molecule has 1 aliphatic rings. The summed E-state index contributed by atoms with van der Waals surface area (Å²) in [6, 6.07) is 14.0. The second-order valence-electron chi connectivity index (χ2n) is 6.82. The number of piperidine rings is 1. The van der Waals surface area contributed by atoms with Crippen LogP contribution < -0.4 is 14.8 Å². The van der Waals surface area contributed by atoms with Gasteiger partial charge in [0, 0.05) is 32.5 Å². The van der Waals surface area contributed by atoms with Gasteiger partial charge in [-0.1, -0.05) is 12.1 Å². The predicted molar refractivity (Wildman–Crippen MR) is 106 cm³/mol. The summed E-state index contributed by atoms with van der Waals surface area (Å²) in [6.45, 7) is 4.48. The van der Waals surface area contributed by atoms with Crippen molar-refractivity contribution < 1.29 is 18.7 Å². The van der Waals surface area contributed by atoms with Crippen LogP contribution in [0.5, 0.6) is 11.5 Å². The van der Waals surface area contributed by atoms with Gasteiger partial charge in [-0.15, -0.1) is 0 Å². The van der Waals surface area contributed by atoms with Gasteiger partial charge in [0.1, 0.15) is 23.4 Å². The summed E-state index contributed by atoms with van der Waals surface area (Å²) < 4.78 is 24.3. The average Bonchev–Trinajstić information content (AvgIpc) is 2.71. The largest absolute Gasteiger partial charge is 0.494 e. The van der Waals surface area contributed by atoms with E-state index in [0.717, 1.165) is 30.6 Å². The van der Waals surface area contributed by atoms with Crippen molar-refractivity contribution in [2.75, 3.05) is 26.2 Å². The lowest BCUT2D eigenvalue weighted by molar-refractivity contribution is 0.111. The lowest BCUT2D eigenvalue weighted by atomic mass is 10.1. The summed E-state index contributed by atoms with van der Waals surface area (Å²) in [5, 5.41) is 2.99. The molecule has 5 nitrogen and oxygen atoms in total. The standard InChI is InChI=1S/C22H27FN2O3/c1-2-27-21-5-3-4-17(16-21)10-13-24-22(26)25-14-11-20(12-15-25)28-19-8-6-18(23)7-9-19/h3-9,16,20H,2,10-15H2,1H3,(H,24,26). The number of hydrogen-bond acceptors (Lipinski definition) is 3. The molecule has 1 saturated heterocycles. The maximum absolute atomic E-state index is 13.0. The van der Waals surface area contributed by atoms with Crippen LogP contribution in [0.3, 0.4) is 0 Å². The molecule has 0 bridgehead atoms. The number of carbonyl (C=O) groups is 1. The zero-order valence-corrected chi connectivity index (χ0v) is 16.2. The number of nitrogens with one attached hydrogen (secondary N) is 1. The third kappa shape index (κ3) is 5.87. The lowest BCUT2D eigenvalue weighted by Gasteiger charge is -2.32. The molecule has 1 heterocycles. The molecule has 2 amide bonds. The SMILES string of the molecule is CCOc1cccc(CCNC(=O)N2CCC(Oc3ccc(F)cc3)CC2)c1. The monoisotopic (exact) mass is 386 g/mol. The molecule has 28 heavy (non-hydrogen) atoms. The van der Waals surface area contributed by atoms with E-state index in [1.165, 1.54) is 12.1 Å². The first kappa shape index (κ1) is 20.0. The van der Waals surface area contributed by atoms with Crippen LogP contribution in [0.2, 0.25) is 0 Å². The number of benzene rings is 2. The highest BCUT2D eigenvalue weighted by molar-refractivity contribution is 5.74. The second kappa shape index (κ2) is 9.97. The number of likely N-dealkylation sites (tertiary alicyclic amines) is 1. The van der Waals surface area contributed by atoms with E-state index in [4.69, 9.17) is 9.47 Å². The van der Waals surface area contributed by atoms with E-state index in [1.54, 1.807) is 12.1 Å². The molecule has 3 rings (SSSR count). The Morgan fingerprint density at radius 2 is 1.89 bits per heavy atom. The van der Waals surface area contributed by atoms with Gasteiger partial charge in [-0.3, -0.25) is 0 Å². The number of ether oxygens (including phenoxy) is 2. The minimum Gasteiger partial charge on any atom is -0.494 e. The summed E-state index contributed by atoms with van der Waals surface area (Å²) in [6.07, 6.45) is 2.34. The van der Waals surface area contributed by atoms with E-state index in [9.17, 15) is 9.18 Å². The van der Waals surface area contributed by atoms with E-state index in [0.29, 0.717) is 32.0 Å². The molecule has 150 valence electrons.